The van der Waals surface area contributed by atoms with E-state index in [9.17, 15) is 9.59 Å². The van der Waals surface area contributed by atoms with E-state index in [-0.39, 0.29) is 18.3 Å². The van der Waals surface area contributed by atoms with Gasteiger partial charge in [0.2, 0.25) is 0 Å². The molecule has 1 aromatic heterocycles. The third kappa shape index (κ3) is 4.30. The van der Waals surface area contributed by atoms with Gasteiger partial charge in [0.1, 0.15) is 5.01 Å². The summed E-state index contributed by atoms with van der Waals surface area (Å²) in [6.07, 6.45) is 0. The van der Waals surface area contributed by atoms with Crippen LogP contribution in [0.15, 0.2) is 5.38 Å². The van der Waals surface area contributed by atoms with Gasteiger partial charge in [0.25, 0.3) is 0 Å². The molecule has 1 rings (SSSR count). The number of carboxylic acid groups (broad SMARTS) is 1. The van der Waals surface area contributed by atoms with Crippen LogP contribution >= 0.6 is 11.3 Å². The fraction of sp³-hybridized carbons (Fsp3) is 0.500. The fourth-order valence-corrected chi connectivity index (χ4v) is 1.87. The zero-order valence-corrected chi connectivity index (χ0v) is 11.1. The molecule has 7 nitrogen and oxygen atoms in total. The maximum absolute atomic E-state index is 11.6. The number of urea groups is 1. The van der Waals surface area contributed by atoms with Crippen molar-refractivity contribution in [3.8, 4) is 0 Å². The average Bonchev–Trinajstić information content (AvgIpc) is 2.81. The Kier molecular flexibility index (Phi) is 5.53. The first-order chi connectivity index (χ1) is 8.54. The molecule has 0 radical (unpaired) electrons. The van der Waals surface area contributed by atoms with Gasteiger partial charge in [-0.25, -0.2) is 14.6 Å². The van der Waals surface area contributed by atoms with Crippen LogP contribution in [0.4, 0.5) is 4.79 Å². The standard InChI is InChI=1S/C10H16N4O3S/c1-11-3-4-14(2)10(17)12-5-8-13-7(6-18-8)9(15)16/h6,11H,3-5H2,1-2H3,(H,12,17)(H,15,16). The summed E-state index contributed by atoms with van der Waals surface area (Å²) >= 11 is 1.21. The first-order valence-electron chi connectivity index (χ1n) is 5.36. The molecule has 18 heavy (non-hydrogen) atoms. The number of amides is 2. The number of nitrogens with one attached hydrogen (secondary N) is 2. The molecule has 0 aliphatic carbocycles. The van der Waals surface area contributed by atoms with E-state index < -0.39 is 5.97 Å². The lowest BCUT2D eigenvalue weighted by Gasteiger charge is -2.17. The molecule has 0 bridgehead atoms. The Morgan fingerprint density at radius 2 is 2.28 bits per heavy atom. The lowest BCUT2D eigenvalue weighted by molar-refractivity contribution is 0.0691. The molecule has 0 aliphatic heterocycles. The van der Waals surface area contributed by atoms with Crippen molar-refractivity contribution in [1.82, 2.24) is 20.5 Å². The SMILES string of the molecule is CNCCN(C)C(=O)NCc1nc(C(=O)O)cs1. The summed E-state index contributed by atoms with van der Waals surface area (Å²) < 4.78 is 0. The first kappa shape index (κ1) is 14.4. The number of hydrogen-bond donors (Lipinski definition) is 3. The number of aromatic nitrogens is 1. The number of likely N-dealkylation sites (N-methyl/N-ethyl adjacent to an activating group) is 2. The van der Waals surface area contributed by atoms with E-state index in [0.29, 0.717) is 18.1 Å². The number of carboxylic acids is 1. The second-order valence-electron chi connectivity index (χ2n) is 3.62. The van der Waals surface area contributed by atoms with Crippen LogP contribution in [0.3, 0.4) is 0 Å². The van der Waals surface area contributed by atoms with Crippen molar-refractivity contribution < 1.29 is 14.7 Å². The molecule has 0 unspecified atom stereocenters. The Balaban J connectivity index is 2.39. The molecule has 0 saturated carbocycles. The molecule has 0 aromatic carbocycles. The first-order valence-corrected chi connectivity index (χ1v) is 6.23. The Bertz CT molecular complexity index is 421. The van der Waals surface area contributed by atoms with Crippen molar-refractivity contribution >= 4 is 23.3 Å². The molecule has 1 aromatic rings. The van der Waals surface area contributed by atoms with Gasteiger partial charge in [-0.2, -0.15) is 0 Å². The number of rotatable bonds is 6. The van der Waals surface area contributed by atoms with Crippen molar-refractivity contribution in [2.45, 2.75) is 6.54 Å². The summed E-state index contributed by atoms with van der Waals surface area (Å²) in [5, 5.41) is 16.3. The number of nitrogens with zero attached hydrogens (tertiary/aromatic N) is 2. The summed E-state index contributed by atoms with van der Waals surface area (Å²) in [6, 6.07) is -0.211. The number of carbonyl (C=O) groups excluding carboxylic acids is 1. The summed E-state index contributed by atoms with van der Waals surface area (Å²) in [5.41, 5.74) is 0.00721. The minimum absolute atomic E-state index is 0.00721. The number of hydrogen-bond acceptors (Lipinski definition) is 5. The minimum atomic E-state index is -1.06. The van der Waals surface area contributed by atoms with Gasteiger partial charge in [-0.05, 0) is 7.05 Å². The Morgan fingerprint density at radius 1 is 1.56 bits per heavy atom. The maximum Gasteiger partial charge on any atom is 0.355 e. The quantitative estimate of drug-likeness (QED) is 0.688. The van der Waals surface area contributed by atoms with Gasteiger partial charge in [-0.3, -0.25) is 0 Å². The highest BCUT2D eigenvalue weighted by molar-refractivity contribution is 7.09. The predicted molar refractivity (Wildman–Crippen MR) is 67.9 cm³/mol. The van der Waals surface area contributed by atoms with E-state index in [0.717, 1.165) is 0 Å². The topological polar surface area (TPSA) is 94.6 Å². The zero-order valence-electron chi connectivity index (χ0n) is 10.3. The van der Waals surface area contributed by atoms with E-state index in [1.54, 1.807) is 11.9 Å². The van der Waals surface area contributed by atoms with Gasteiger partial charge in [0.05, 0.1) is 6.54 Å². The lowest BCUT2D eigenvalue weighted by atomic mass is 10.5. The van der Waals surface area contributed by atoms with Gasteiger partial charge in [-0.1, -0.05) is 0 Å². The highest BCUT2D eigenvalue weighted by Gasteiger charge is 2.11. The molecule has 3 N–H and O–H groups in total. The van der Waals surface area contributed by atoms with Crippen LogP contribution in [0.1, 0.15) is 15.5 Å². The fourth-order valence-electron chi connectivity index (χ4n) is 1.16. The van der Waals surface area contributed by atoms with Crippen LogP contribution < -0.4 is 10.6 Å². The van der Waals surface area contributed by atoms with Gasteiger partial charge >= 0.3 is 12.0 Å². The lowest BCUT2D eigenvalue weighted by Crippen LogP contribution is -2.39. The molecule has 0 atom stereocenters. The normalized spacial score (nSPS) is 10.1. The summed E-state index contributed by atoms with van der Waals surface area (Å²) in [5.74, 6) is -1.06. The van der Waals surface area contributed by atoms with Gasteiger partial charge in [0.15, 0.2) is 5.69 Å². The van der Waals surface area contributed by atoms with E-state index in [4.69, 9.17) is 5.11 Å². The molecular weight excluding hydrogens is 256 g/mol. The van der Waals surface area contributed by atoms with Crippen molar-refractivity contribution in [2.24, 2.45) is 0 Å². The predicted octanol–water partition coefficient (Wildman–Crippen LogP) is 0.202. The average molecular weight is 272 g/mol. The largest absolute Gasteiger partial charge is 0.476 e. The Labute approximate surface area is 109 Å². The highest BCUT2D eigenvalue weighted by atomic mass is 32.1. The number of thiazole rings is 1. The summed E-state index contributed by atoms with van der Waals surface area (Å²) in [7, 11) is 3.51. The minimum Gasteiger partial charge on any atom is -0.476 e. The Hall–Kier alpha value is -1.67. The summed E-state index contributed by atoms with van der Waals surface area (Å²) in [6.45, 7) is 1.55. The van der Waals surface area contributed by atoms with Gasteiger partial charge < -0.3 is 20.6 Å². The number of carbonyl (C=O) groups is 2. The van der Waals surface area contributed by atoms with Crippen LogP contribution in [0.2, 0.25) is 0 Å². The maximum atomic E-state index is 11.6. The van der Waals surface area contributed by atoms with E-state index in [1.807, 2.05) is 7.05 Å². The van der Waals surface area contributed by atoms with E-state index in [2.05, 4.69) is 15.6 Å². The molecule has 0 aliphatic rings. The van der Waals surface area contributed by atoms with Gasteiger partial charge in [0, 0.05) is 25.5 Å². The highest BCUT2D eigenvalue weighted by Crippen LogP contribution is 2.09. The second kappa shape index (κ2) is 6.92. The summed E-state index contributed by atoms with van der Waals surface area (Å²) in [4.78, 5) is 27.7. The van der Waals surface area contributed by atoms with Crippen LogP contribution in [-0.2, 0) is 6.54 Å². The van der Waals surface area contributed by atoms with Crippen molar-refractivity contribution in [1.29, 1.82) is 0 Å². The van der Waals surface area contributed by atoms with Crippen LogP contribution in [0, 0.1) is 0 Å². The van der Waals surface area contributed by atoms with E-state index in [1.165, 1.54) is 16.7 Å². The monoisotopic (exact) mass is 272 g/mol. The van der Waals surface area contributed by atoms with Crippen molar-refractivity contribution in [2.75, 3.05) is 27.2 Å². The molecule has 8 heteroatoms. The van der Waals surface area contributed by atoms with Crippen LogP contribution in [0.25, 0.3) is 0 Å². The van der Waals surface area contributed by atoms with Gasteiger partial charge in [-0.15, -0.1) is 11.3 Å². The molecule has 0 spiro atoms. The molecular formula is C10H16N4O3S. The van der Waals surface area contributed by atoms with Crippen molar-refractivity contribution in [3.63, 3.8) is 0 Å². The van der Waals surface area contributed by atoms with Crippen molar-refractivity contribution in [3.05, 3.63) is 16.1 Å². The van der Waals surface area contributed by atoms with E-state index >= 15 is 0 Å². The van der Waals surface area contributed by atoms with Crippen LogP contribution in [-0.4, -0.2) is 54.2 Å². The smallest absolute Gasteiger partial charge is 0.355 e. The molecule has 0 fully saturated rings. The van der Waals surface area contributed by atoms with Crippen LogP contribution in [0.5, 0.6) is 0 Å². The molecule has 100 valence electrons. The third-order valence-electron chi connectivity index (χ3n) is 2.21. The Morgan fingerprint density at radius 3 is 2.83 bits per heavy atom. The number of aromatic carboxylic acids is 1. The molecule has 1 heterocycles. The third-order valence-corrected chi connectivity index (χ3v) is 3.05. The second-order valence-corrected chi connectivity index (χ2v) is 4.56. The molecule has 0 saturated heterocycles. The molecule has 2 amide bonds. The zero-order chi connectivity index (χ0) is 13.5.